The van der Waals surface area contributed by atoms with Gasteiger partial charge >= 0.3 is 0 Å². The van der Waals surface area contributed by atoms with Gasteiger partial charge in [0, 0.05) is 29.0 Å². The van der Waals surface area contributed by atoms with Gasteiger partial charge < -0.3 is 9.74 Å². The van der Waals surface area contributed by atoms with Gasteiger partial charge in [-0.3, -0.25) is 9.69 Å². The highest BCUT2D eigenvalue weighted by Crippen LogP contribution is 2.34. The first-order valence-corrected chi connectivity index (χ1v) is 12.8. The molecule has 4 rings (SSSR count). The Kier molecular flexibility index (Phi) is 7.67. The Bertz CT molecular complexity index is 1020. The van der Waals surface area contributed by atoms with E-state index in [1.54, 1.807) is 7.11 Å². The number of piperidine rings is 2. The van der Waals surface area contributed by atoms with E-state index in [2.05, 4.69) is 67.1 Å². The quantitative estimate of drug-likeness (QED) is 0.419. The zero-order valence-electron chi connectivity index (χ0n) is 20.6. The average Bonchev–Trinajstić information content (AvgIpc) is 2.84. The lowest BCUT2D eigenvalue weighted by molar-refractivity contribution is 0.0161. The number of halogens is 1. The number of aromatic nitrogens is 2. The Hall–Kier alpha value is -2.32. The van der Waals surface area contributed by atoms with Crippen LogP contribution in [0.3, 0.4) is 0 Å². The summed E-state index contributed by atoms with van der Waals surface area (Å²) in [6, 6.07) is 8.31. The molecule has 8 heteroatoms. The van der Waals surface area contributed by atoms with Crippen LogP contribution in [0.25, 0.3) is 0 Å². The van der Waals surface area contributed by atoms with E-state index >= 15 is 0 Å². The summed E-state index contributed by atoms with van der Waals surface area (Å²) in [7, 11) is 1.62. The van der Waals surface area contributed by atoms with Crippen molar-refractivity contribution in [1.29, 1.82) is 0 Å². The van der Waals surface area contributed by atoms with Gasteiger partial charge in [0.25, 0.3) is 5.91 Å². The molecular weight excluding hydrogens is 494 g/mol. The summed E-state index contributed by atoms with van der Waals surface area (Å²) < 4.78 is 1.06. The molecule has 34 heavy (non-hydrogen) atoms. The highest BCUT2D eigenvalue weighted by molar-refractivity contribution is 9.10. The molecule has 2 aromatic rings. The first kappa shape index (κ1) is 24.8. The summed E-state index contributed by atoms with van der Waals surface area (Å²) in [6.45, 7) is 9.70. The fourth-order valence-electron chi connectivity index (χ4n) is 5.34. The molecule has 3 heterocycles. The molecule has 2 saturated heterocycles. The van der Waals surface area contributed by atoms with E-state index in [1.165, 1.54) is 6.33 Å². The second-order valence-corrected chi connectivity index (χ2v) is 10.6. The van der Waals surface area contributed by atoms with Crippen LogP contribution in [0.2, 0.25) is 0 Å². The number of oxime groups is 1. The van der Waals surface area contributed by atoms with Gasteiger partial charge in [0.1, 0.15) is 13.4 Å². The molecule has 0 atom stereocenters. The number of aryl methyl sites for hydroxylation is 2. The van der Waals surface area contributed by atoms with Crippen molar-refractivity contribution in [3.63, 3.8) is 0 Å². The van der Waals surface area contributed by atoms with Gasteiger partial charge in [0.05, 0.1) is 22.7 Å². The van der Waals surface area contributed by atoms with Crippen molar-refractivity contribution >= 4 is 27.5 Å². The highest BCUT2D eigenvalue weighted by Gasteiger charge is 2.39. The number of nitrogens with zero attached hydrogens (tertiary/aromatic N) is 5. The maximum atomic E-state index is 13.2. The third-order valence-electron chi connectivity index (χ3n) is 7.54. The van der Waals surface area contributed by atoms with Crippen LogP contribution in [0.15, 0.2) is 40.2 Å². The second-order valence-electron chi connectivity index (χ2n) is 9.64. The Morgan fingerprint density at radius 3 is 2.21 bits per heavy atom. The highest BCUT2D eigenvalue weighted by atomic mass is 79.9. The average molecular weight is 528 g/mol. The number of carbonyl (C=O) groups excluding carboxylic acids is 1. The van der Waals surface area contributed by atoms with E-state index < -0.39 is 0 Å². The number of benzene rings is 1. The van der Waals surface area contributed by atoms with E-state index in [4.69, 9.17) is 4.84 Å². The summed E-state index contributed by atoms with van der Waals surface area (Å²) in [4.78, 5) is 31.4. The molecular formula is C26H34BrN5O2. The van der Waals surface area contributed by atoms with Crippen LogP contribution in [0.5, 0.6) is 0 Å². The molecule has 0 N–H and O–H groups in total. The maximum absolute atomic E-state index is 13.2. The Morgan fingerprint density at radius 2 is 1.65 bits per heavy atom. The molecule has 0 bridgehead atoms. The van der Waals surface area contributed by atoms with Crippen LogP contribution in [-0.2, 0) is 4.84 Å². The summed E-state index contributed by atoms with van der Waals surface area (Å²) in [5, 5.41) is 4.40. The standard InChI is InChI=1S/C26H34BrN5O2/c1-18-23(19(2)29-17-28-18)25(33)31-15-11-26(3,12-16-31)32-13-9-21(10-14-32)24(30-34-4)20-5-7-22(27)8-6-20/h5-8,17,21H,9-16H2,1-4H3/b30-24-. The summed E-state index contributed by atoms with van der Waals surface area (Å²) in [6.07, 6.45) is 5.58. The number of likely N-dealkylation sites (tertiary alicyclic amines) is 2. The molecule has 7 nitrogen and oxygen atoms in total. The number of hydrogen-bond donors (Lipinski definition) is 0. The predicted octanol–water partition coefficient (Wildman–Crippen LogP) is 4.61. The van der Waals surface area contributed by atoms with Crippen molar-refractivity contribution in [1.82, 2.24) is 19.8 Å². The minimum Gasteiger partial charge on any atom is -0.399 e. The monoisotopic (exact) mass is 527 g/mol. The Labute approximate surface area is 210 Å². The van der Waals surface area contributed by atoms with Gasteiger partial charge in [-0.15, -0.1) is 0 Å². The molecule has 2 aliphatic rings. The van der Waals surface area contributed by atoms with Crippen molar-refractivity contribution in [2.75, 3.05) is 33.3 Å². The van der Waals surface area contributed by atoms with Crippen molar-refractivity contribution in [3.05, 3.63) is 57.6 Å². The molecule has 2 fully saturated rings. The lowest BCUT2D eigenvalue weighted by Gasteiger charge is -2.49. The first-order valence-electron chi connectivity index (χ1n) is 12.0. The topological polar surface area (TPSA) is 70.9 Å². The van der Waals surface area contributed by atoms with Crippen LogP contribution in [0, 0.1) is 19.8 Å². The number of rotatable bonds is 5. The molecule has 1 aromatic carbocycles. The zero-order chi connectivity index (χ0) is 24.3. The smallest absolute Gasteiger partial charge is 0.257 e. The molecule has 0 saturated carbocycles. The lowest BCUT2D eigenvalue weighted by atomic mass is 9.82. The molecule has 1 aromatic heterocycles. The second kappa shape index (κ2) is 10.5. The largest absolute Gasteiger partial charge is 0.399 e. The summed E-state index contributed by atoms with van der Waals surface area (Å²) in [5.74, 6) is 0.443. The van der Waals surface area contributed by atoms with E-state index in [-0.39, 0.29) is 11.4 Å². The third kappa shape index (κ3) is 5.18. The molecule has 0 radical (unpaired) electrons. The summed E-state index contributed by atoms with van der Waals surface area (Å²) in [5.41, 5.74) is 4.44. The van der Waals surface area contributed by atoms with Gasteiger partial charge in [-0.1, -0.05) is 33.2 Å². The third-order valence-corrected chi connectivity index (χ3v) is 8.07. The Morgan fingerprint density at radius 1 is 1.06 bits per heavy atom. The number of hydrogen-bond acceptors (Lipinski definition) is 6. The summed E-state index contributed by atoms with van der Waals surface area (Å²) >= 11 is 3.51. The van der Waals surface area contributed by atoms with E-state index in [1.807, 2.05) is 18.7 Å². The molecule has 0 unspecified atom stereocenters. The maximum Gasteiger partial charge on any atom is 0.257 e. The van der Waals surface area contributed by atoms with Gasteiger partial charge in [0.2, 0.25) is 0 Å². The first-order chi connectivity index (χ1) is 16.3. The van der Waals surface area contributed by atoms with Gasteiger partial charge in [-0.2, -0.15) is 0 Å². The van der Waals surface area contributed by atoms with Crippen LogP contribution < -0.4 is 0 Å². The minimum absolute atomic E-state index is 0.0614. The fraction of sp³-hybridized carbons (Fsp3) is 0.538. The Balaban J connectivity index is 1.37. The number of amides is 1. The van der Waals surface area contributed by atoms with Gasteiger partial charge in [0.15, 0.2) is 0 Å². The fourth-order valence-corrected chi connectivity index (χ4v) is 5.61. The van der Waals surface area contributed by atoms with Gasteiger partial charge in [-0.25, -0.2) is 9.97 Å². The zero-order valence-corrected chi connectivity index (χ0v) is 22.1. The normalized spacial score (nSPS) is 19.8. The van der Waals surface area contributed by atoms with Gasteiger partial charge in [-0.05, 0) is 77.2 Å². The van der Waals surface area contributed by atoms with Crippen LogP contribution in [0.1, 0.15) is 59.9 Å². The van der Waals surface area contributed by atoms with Crippen molar-refractivity contribution in [2.24, 2.45) is 11.1 Å². The molecule has 182 valence electrons. The molecule has 0 aliphatic carbocycles. The molecule has 0 spiro atoms. The van der Waals surface area contributed by atoms with Crippen LogP contribution in [0.4, 0.5) is 0 Å². The molecule has 2 aliphatic heterocycles. The predicted molar refractivity (Wildman–Crippen MR) is 137 cm³/mol. The SMILES string of the molecule is CO/N=C(/c1ccc(Br)cc1)C1CCN(C2(C)CCN(C(=O)c3c(C)ncnc3C)CC2)CC1. The molecule has 1 amide bonds. The number of carbonyl (C=O) groups is 1. The van der Waals surface area contributed by atoms with Crippen LogP contribution >= 0.6 is 15.9 Å². The van der Waals surface area contributed by atoms with Crippen molar-refractivity contribution < 1.29 is 9.63 Å². The van der Waals surface area contributed by atoms with Crippen LogP contribution in [-0.4, -0.2) is 70.2 Å². The van der Waals surface area contributed by atoms with Crippen molar-refractivity contribution in [2.45, 2.75) is 52.0 Å². The van der Waals surface area contributed by atoms with E-state index in [0.29, 0.717) is 11.5 Å². The van der Waals surface area contributed by atoms with E-state index in [9.17, 15) is 4.79 Å². The van der Waals surface area contributed by atoms with E-state index in [0.717, 1.165) is 79.0 Å². The van der Waals surface area contributed by atoms with Crippen molar-refractivity contribution in [3.8, 4) is 0 Å². The lowest BCUT2D eigenvalue weighted by Crippen LogP contribution is -2.56. The minimum atomic E-state index is 0.0614.